The predicted molar refractivity (Wildman–Crippen MR) is 86.1 cm³/mol. The van der Waals surface area contributed by atoms with Crippen LogP contribution in [0.3, 0.4) is 0 Å². The smallest absolute Gasteiger partial charge is 0.186 e. The van der Waals surface area contributed by atoms with E-state index in [2.05, 4.69) is 23.8 Å². The van der Waals surface area contributed by atoms with Crippen LogP contribution in [0.1, 0.15) is 5.56 Å². The molecular weight excluding hydrogens is 290 g/mol. The Bertz CT molecular complexity index is 654. The molecule has 0 N–H and O–H groups in total. The number of fused-ring (bicyclic) bond motifs is 2. The molecule has 1 aromatic carbocycles. The second-order valence-electron chi connectivity index (χ2n) is 6.21. The summed E-state index contributed by atoms with van der Waals surface area (Å²) in [6, 6.07) is 4.04. The highest BCUT2D eigenvalue weighted by Gasteiger charge is 2.39. The zero-order valence-electron chi connectivity index (χ0n) is 11.8. The molecule has 106 valence electrons. The number of halogens is 1. The largest absolute Gasteiger partial charge is 0.347 e. The Kier molecular flexibility index (Phi) is 2.95. The van der Waals surface area contributed by atoms with E-state index in [1.807, 2.05) is 12.1 Å². The number of hydrogen-bond acceptors (Lipinski definition) is 4. The maximum absolute atomic E-state index is 6.15. The fourth-order valence-electron chi connectivity index (χ4n) is 3.66. The molecule has 3 heterocycles. The van der Waals surface area contributed by atoms with Crippen molar-refractivity contribution in [2.75, 3.05) is 38.1 Å². The van der Waals surface area contributed by atoms with Crippen LogP contribution >= 0.6 is 22.9 Å². The van der Waals surface area contributed by atoms with E-state index < -0.39 is 0 Å². The molecule has 3 nitrogen and oxygen atoms in total. The molecule has 2 atom stereocenters. The molecule has 5 heteroatoms. The number of aromatic nitrogens is 1. The number of anilines is 1. The van der Waals surface area contributed by atoms with Crippen LogP contribution in [0.15, 0.2) is 12.1 Å². The van der Waals surface area contributed by atoms with Gasteiger partial charge >= 0.3 is 0 Å². The van der Waals surface area contributed by atoms with Crippen molar-refractivity contribution in [1.82, 2.24) is 9.88 Å². The number of benzene rings is 1. The van der Waals surface area contributed by atoms with Gasteiger partial charge in [-0.25, -0.2) is 4.98 Å². The summed E-state index contributed by atoms with van der Waals surface area (Å²) in [5.74, 6) is 1.63. The molecular formula is C15H18ClN3S. The molecule has 2 saturated heterocycles. The van der Waals surface area contributed by atoms with Gasteiger partial charge in [0.1, 0.15) is 0 Å². The fraction of sp³-hybridized carbons (Fsp3) is 0.533. The van der Waals surface area contributed by atoms with Crippen LogP contribution in [0.25, 0.3) is 10.2 Å². The average molecular weight is 308 g/mol. The van der Waals surface area contributed by atoms with E-state index in [0.717, 1.165) is 35.5 Å². The first kappa shape index (κ1) is 12.9. The zero-order valence-corrected chi connectivity index (χ0v) is 13.3. The molecule has 0 radical (unpaired) electrons. The molecule has 0 amide bonds. The van der Waals surface area contributed by atoms with Crippen LogP contribution in [-0.4, -0.2) is 43.1 Å². The third-order valence-electron chi connectivity index (χ3n) is 4.58. The Labute approximate surface area is 128 Å². The number of thiazole rings is 1. The average Bonchev–Trinajstić information content (AvgIpc) is 2.99. The van der Waals surface area contributed by atoms with E-state index in [-0.39, 0.29) is 0 Å². The lowest BCUT2D eigenvalue weighted by Crippen LogP contribution is -2.26. The maximum atomic E-state index is 6.15. The lowest BCUT2D eigenvalue weighted by Gasteiger charge is -2.17. The number of aryl methyl sites for hydroxylation is 1. The molecule has 0 spiro atoms. The van der Waals surface area contributed by atoms with E-state index in [1.54, 1.807) is 11.3 Å². The molecule has 2 aromatic rings. The number of nitrogens with zero attached hydrogens (tertiary/aromatic N) is 3. The molecule has 0 bridgehead atoms. The van der Waals surface area contributed by atoms with Crippen molar-refractivity contribution in [3.63, 3.8) is 0 Å². The standard InChI is InChI=1S/C15H18ClN3S/c1-9-3-12(16)4-13-14(9)17-15(20-13)19-7-10-5-18(2)6-11(10)8-19/h3-4,10-11H,5-8H2,1-2H3. The summed E-state index contributed by atoms with van der Waals surface area (Å²) in [5, 5.41) is 1.98. The van der Waals surface area contributed by atoms with Gasteiger partial charge in [-0.3, -0.25) is 0 Å². The molecule has 2 aliphatic heterocycles. The van der Waals surface area contributed by atoms with Crippen molar-refractivity contribution >= 4 is 38.3 Å². The fourth-order valence-corrected chi connectivity index (χ4v) is 5.10. The second-order valence-corrected chi connectivity index (χ2v) is 7.66. The minimum atomic E-state index is 0.810. The van der Waals surface area contributed by atoms with E-state index in [9.17, 15) is 0 Å². The van der Waals surface area contributed by atoms with Crippen LogP contribution in [0.2, 0.25) is 5.02 Å². The lowest BCUT2D eigenvalue weighted by molar-refractivity contribution is 0.387. The molecule has 2 fully saturated rings. The molecule has 1 aromatic heterocycles. The van der Waals surface area contributed by atoms with Crippen LogP contribution in [0, 0.1) is 18.8 Å². The van der Waals surface area contributed by atoms with Crippen molar-refractivity contribution in [3.8, 4) is 0 Å². The van der Waals surface area contributed by atoms with E-state index >= 15 is 0 Å². The van der Waals surface area contributed by atoms with Gasteiger partial charge in [0.25, 0.3) is 0 Å². The van der Waals surface area contributed by atoms with Crippen LogP contribution in [-0.2, 0) is 0 Å². The quantitative estimate of drug-likeness (QED) is 0.806. The van der Waals surface area contributed by atoms with E-state index in [0.29, 0.717) is 0 Å². The van der Waals surface area contributed by atoms with E-state index in [4.69, 9.17) is 16.6 Å². The van der Waals surface area contributed by atoms with Crippen LogP contribution in [0.5, 0.6) is 0 Å². The van der Waals surface area contributed by atoms with Crippen LogP contribution < -0.4 is 4.90 Å². The summed E-state index contributed by atoms with van der Waals surface area (Å²) in [6.45, 7) is 6.86. The Balaban J connectivity index is 1.65. The molecule has 2 aliphatic rings. The summed E-state index contributed by atoms with van der Waals surface area (Å²) >= 11 is 7.93. The highest BCUT2D eigenvalue weighted by molar-refractivity contribution is 7.22. The van der Waals surface area contributed by atoms with Crippen molar-refractivity contribution in [2.45, 2.75) is 6.92 Å². The van der Waals surface area contributed by atoms with Gasteiger partial charge in [-0.15, -0.1) is 0 Å². The minimum absolute atomic E-state index is 0.810. The zero-order chi connectivity index (χ0) is 13.9. The Morgan fingerprint density at radius 3 is 2.60 bits per heavy atom. The third-order valence-corrected chi connectivity index (χ3v) is 5.86. The first-order valence-corrected chi connectivity index (χ1v) is 8.30. The first-order chi connectivity index (χ1) is 9.60. The summed E-state index contributed by atoms with van der Waals surface area (Å²) in [4.78, 5) is 9.78. The van der Waals surface area contributed by atoms with Crippen molar-refractivity contribution < 1.29 is 0 Å². The van der Waals surface area contributed by atoms with Gasteiger partial charge in [-0.2, -0.15) is 0 Å². The molecule has 0 aliphatic carbocycles. The van der Waals surface area contributed by atoms with Gasteiger partial charge in [0.2, 0.25) is 0 Å². The first-order valence-electron chi connectivity index (χ1n) is 7.10. The normalized spacial score (nSPS) is 26.6. The van der Waals surface area contributed by atoms with Gasteiger partial charge in [0, 0.05) is 31.2 Å². The number of rotatable bonds is 1. The third kappa shape index (κ3) is 2.01. The molecule has 0 saturated carbocycles. The van der Waals surface area contributed by atoms with Gasteiger partial charge in [-0.05, 0) is 43.5 Å². The van der Waals surface area contributed by atoms with Gasteiger partial charge in [0.15, 0.2) is 5.13 Å². The van der Waals surface area contributed by atoms with Crippen molar-refractivity contribution in [1.29, 1.82) is 0 Å². The number of hydrogen-bond donors (Lipinski definition) is 0. The SMILES string of the molecule is Cc1cc(Cl)cc2sc(N3CC4CN(C)CC4C3)nc12. The van der Waals surface area contributed by atoms with Gasteiger partial charge < -0.3 is 9.80 Å². The highest BCUT2D eigenvalue weighted by Crippen LogP contribution is 2.38. The van der Waals surface area contributed by atoms with Crippen LogP contribution in [0.4, 0.5) is 5.13 Å². The Morgan fingerprint density at radius 2 is 1.90 bits per heavy atom. The molecule has 4 rings (SSSR count). The summed E-state index contributed by atoms with van der Waals surface area (Å²) < 4.78 is 1.21. The monoisotopic (exact) mass is 307 g/mol. The lowest BCUT2D eigenvalue weighted by atomic mass is 10.0. The summed E-state index contributed by atoms with van der Waals surface area (Å²) in [5.41, 5.74) is 2.29. The van der Waals surface area contributed by atoms with Crippen molar-refractivity contribution in [3.05, 3.63) is 22.7 Å². The maximum Gasteiger partial charge on any atom is 0.186 e. The Morgan fingerprint density at radius 1 is 1.20 bits per heavy atom. The Hall–Kier alpha value is -0.840. The molecule has 20 heavy (non-hydrogen) atoms. The summed E-state index contributed by atoms with van der Waals surface area (Å²) in [6.07, 6.45) is 0. The van der Waals surface area contributed by atoms with Gasteiger partial charge in [-0.1, -0.05) is 22.9 Å². The van der Waals surface area contributed by atoms with Gasteiger partial charge in [0.05, 0.1) is 10.2 Å². The van der Waals surface area contributed by atoms with Crippen molar-refractivity contribution in [2.24, 2.45) is 11.8 Å². The van der Waals surface area contributed by atoms with E-state index in [1.165, 1.54) is 28.5 Å². The predicted octanol–water partition coefficient (Wildman–Crippen LogP) is 3.26. The minimum Gasteiger partial charge on any atom is -0.347 e. The topological polar surface area (TPSA) is 19.4 Å². The molecule has 2 unspecified atom stereocenters. The summed E-state index contributed by atoms with van der Waals surface area (Å²) in [7, 11) is 2.23. The number of likely N-dealkylation sites (tertiary alicyclic amines) is 1. The highest BCUT2D eigenvalue weighted by atomic mass is 35.5. The second kappa shape index (κ2) is 4.58.